The first-order chi connectivity index (χ1) is 8.41. The molecular formula is C16H25NO. The molecule has 3 atom stereocenters. The first-order valence-corrected chi connectivity index (χ1v) is 6.86. The summed E-state index contributed by atoms with van der Waals surface area (Å²) in [5, 5.41) is 0. The summed E-state index contributed by atoms with van der Waals surface area (Å²) in [6, 6.07) is 2.36. The molecular weight excluding hydrogens is 222 g/mol. The summed E-state index contributed by atoms with van der Waals surface area (Å²) in [5.41, 5.74) is 13.3. The Morgan fingerprint density at radius 2 is 1.72 bits per heavy atom. The van der Waals surface area contributed by atoms with Crippen molar-refractivity contribution in [3.63, 3.8) is 0 Å². The van der Waals surface area contributed by atoms with Crippen molar-refractivity contribution in [3.8, 4) is 0 Å². The van der Waals surface area contributed by atoms with Crippen LogP contribution in [0.5, 0.6) is 0 Å². The number of aryl methyl sites for hydroxylation is 2. The molecule has 1 saturated heterocycles. The fourth-order valence-electron chi connectivity index (χ4n) is 3.08. The van der Waals surface area contributed by atoms with Crippen LogP contribution in [0.4, 0.5) is 0 Å². The number of benzene rings is 1. The van der Waals surface area contributed by atoms with E-state index in [0.29, 0.717) is 12.0 Å². The van der Waals surface area contributed by atoms with Crippen LogP contribution in [0.25, 0.3) is 0 Å². The smallest absolute Gasteiger partial charge is 0.0551 e. The highest BCUT2D eigenvalue weighted by Gasteiger charge is 2.30. The van der Waals surface area contributed by atoms with Gasteiger partial charge in [0.25, 0.3) is 0 Å². The van der Waals surface area contributed by atoms with E-state index in [1.807, 2.05) is 0 Å². The predicted octanol–water partition coefficient (Wildman–Crippen LogP) is 3.35. The van der Waals surface area contributed by atoms with E-state index < -0.39 is 0 Å². The van der Waals surface area contributed by atoms with E-state index in [0.717, 1.165) is 13.0 Å². The van der Waals surface area contributed by atoms with Gasteiger partial charge in [0.2, 0.25) is 0 Å². The Kier molecular flexibility index (Phi) is 3.79. The summed E-state index contributed by atoms with van der Waals surface area (Å²) in [5.74, 6) is 0.457. The third kappa shape index (κ3) is 2.32. The van der Waals surface area contributed by atoms with Gasteiger partial charge in [-0.2, -0.15) is 0 Å². The largest absolute Gasteiger partial charge is 0.378 e. The second-order valence-electron chi connectivity index (χ2n) is 5.84. The predicted molar refractivity (Wildman–Crippen MR) is 75.8 cm³/mol. The maximum Gasteiger partial charge on any atom is 0.0551 e. The van der Waals surface area contributed by atoms with Crippen LogP contribution in [0.2, 0.25) is 0 Å². The van der Waals surface area contributed by atoms with E-state index >= 15 is 0 Å². The van der Waals surface area contributed by atoms with Crippen molar-refractivity contribution in [2.45, 2.75) is 53.2 Å². The second kappa shape index (κ2) is 5.02. The van der Waals surface area contributed by atoms with Gasteiger partial charge in [-0.25, -0.2) is 0 Å². The quantitative estimate of drug-likeness (QED) is 0.870. The van der Waals surface area contributed by atoms with Gasteiger partial charge in [0, 0.05) is 12.0 Å². The van der Waals surface area contributed by atoms with Crippen LogP contribution < -0.4 is 5.73 Å². The Hall–Kier alpha value is -0.860. The van der Waals surface area contributed by atoms with Gasteiger partial charge in [-0.05, 0) is 68.9 Å². The molecule has 1 aliphatic heterocycles. The number of rotatable bonds is 2. The van der Waals surface area contributed by atoms with Crippen molar-refractivity contribution in [1.82, 2.24) is 0 Å². The average molecular weight is 247 g/mol. The normalized spacial score (nSPS) is 25.4. The number of nitrogens with two attached hydrogens (primary N) is 1. The summed E-state index contributed by atoms with van der Waals surface area (Å²) in [7, 11) is 0. The third-order valence-corrected chi connectivity index (χ3v) is 4.49. The molecule has 1 aromatic carbocycles. The van der Waals surface area contributed by atoms with Gasteiger partial charge in [-0.15, -0.1) is 0 Å². The van der Waals surface area contributed by atoms with E-state index in [4.69, 9.17) is 10.5 Å². The minimum atomic E-state index is 0.105. The van der Waals surface area contributed by atoms with Crippen molar-refractivity contribution in [2.75, 3.05) is 6.61 Å². The molecule has 1 heterocycles. The number of hydrogen-bond acceptors (Lipinski definition) is 2. The van der Waals surface area contributed by atoms with E-state index in [-0.39, 0.29) is 6.04 Å². The zero-order valence-electron chi connectivity index (χ0n) is 12.2. The van der Waals surface area contributed by atoms with Crippen molar-refractivity contribution in [2.24, 2.45) is 11.7 Å². The molecule has 0 saturated carbocycles. The van der Waals surface area contributed by atoms with Crippen LogP contribution in [0.15, 0.2) is 6.07 Å². The van der Waals surface area contributed by atoms with Gasteiger partial charge < -0.3 is 10.5 Å². The maximum absolute atomic E-state index is 6.52. The molecule has 100 valence electrons. The van der Waals surface area contributed by atoms with Crippen molar-refractivity contribution in [3.05, 3.63) is 33.9 Å². The summed E-state index contributed by atoms with van der Waals surface area (Å²) in [6.07, 6.45) is 1.43. The fraction of sp³-hybridized carbons (Fsp3) is 0.625. The summed E-state index contributed by atoms with van der Waals surface area (Å²) < 4.78 is 5.67. The average Bonchev–Trinajstić information content (AvgIpc) is 2.73. The molecule has 2 nitrogen and oxygen atoms in total. The van der Waals surface area contributed by atoms with Gasteiger partial charge in [-0.3, -0.25) is 0 Å². The standard InChI is InChI=1S/C16H25NO/c1-9-6-10(2)13(5)15(12(9)4)16(17)14-7-11(3)18-8-14/h6,11,14,16H,7-8,17H2,1-5H3. The van der Waals surface area contributed by atoms with E-state index in [1.54, 1.807) is 0 Å². The third-order valence-electron chi connectivity index (χ3n) is 4.49. The van der Waals surface area contributed by atoms with Crippen LogP contribution in [0.3, 0.4) is 0 Å². The molecule has 0 spiro atoms. The van der Waals surface area contributed by atoms with Crippen molar-refractivity contribution in [1.29, 1.82) is 0 Å². The molecule has 0 bridgehead atoms. The molecule has 1 aromatic rings. The minimum Gasteiger partial charge on any atom is -0.378 e. The highest BCUT2D eigenvalue weighted by Crippen LogP contribution is 2.35. The summed E-state index contributed by atoms with van der Waals surface area (Å²) >= 11 is 0. The minimum absolute atomic E-state index is 0.105. The molecule has 0 aromatic heterocycles. The maximum atomic E-state index is 6.52. The van der Waals surface area contributed by atoms with Crippen molar-refractivity contribution >= 4 is 0 Å². The SMILES string of the molecule is Cc1cc(C)c(C)c(C(N)C2COC(C)C2)c1C. The molecule has 0 amide bonds. The lowest BCUT2D eigenvalue weighted by Crippen LogP contribution is -2.24. The van der Waals surface area contributed by atoms with Gasteiger partial charge in [-0.1, -0.05) is 6.07 Å². The van der Waals surface area contributed by atoms with Gasteiger partial charge >= 0.3 is 0 Å². The monoisotopic (exact) mass is 247 g/mol. The molecule has 2 heteroatoms. The molecule has 2 N–H and O–H groups in total. The Bertz CT molecular complexity index is 427. The van der Waals surface area contributed by atoms with Gasteiger partial charge in [0.15, 0.2) is 0 Å². The Balaban J connectivity index is 2.38. The highest BCUT2D eigenvalue weighted by molar-refractivity contribution is 5.45. The number of ether oxygens (including phenoxy) is 1. The molecule has 1 fully saturated rings. The Labute approximate surface area is 111 Å². The number of hydrogen-bond donors (Lipinski definition) is 1. The molecule has 18 heavy (non-hydrogen) atoms. The lowest BCUT2D eigenvalue weighted by molar-refractivity contribution is 0.118. The second-order valence-corrected chi connectivity index (χ2v) is 5.84. The first kappa shape index (κ1) is 13.6. The summed E-state index contributed by atoms with van der Waals surface area (Å²) in [4.78, 5) is 0. The fourth-order valence-corrected chi connectivity index (χ4v) is 3.08. The zero-order chi connectivity index (χ0) is 13.4. The molecule has 0 radical (unpaired) electrons. The lowest BCUT2D eigenvalue weighted by atomic mass is 9.84. The zero-order valence-corrected chi connectivity index (χ0v) is 12.2. The van der Waals surface area contributed by atoms with Crippen LogP contribution in [0, 0.1) is 33.6 Å². The van der Waals surface area contributed by atoms with Crippen LogP contribution in [0.1, 0.15) is 47.2 Å². The Morgan fingerprint density at radius 1 is 1.17 bits per heavy atom. The van der Waals surface area contributed by atoms with E-state index in [2.05, 4.69) is 40.7 Å². The van der Waals surface area contributed by atoms with Gasteiger partial charge in [0.05, 0.1) is 12.7 Å². The first-order valence-electron chi connectivity index (χ1n) is 6.86. The Morgan fingerprint density at radius 3 is 2.17 bits per heavy atom. The van der Waals surface area contributed by atoms with E-state index in [1.165, 1.54) is 27.8 Å². The summed E-state index contributed by atoms with van der Waals surface area (Å²) in [6.45, 7) is 11.7. The van der Waals surface area contributed by atoms with Crippen molar-refractivity contribution < 1.29 is 4.74 Å². The van der Waals surface area contributed by atoms with Crippen LogP contribution in [-0.4, -0.2) is 12.7 Å². The topological polar surface area (TPSA) is 35.2 Å². The molecule has 1 aliphatic rings. The van der Waals surface area contributed by atoms with Crippen LogP contribution >= 0.6 is 0 Å². The van der Waals surface area contributed by atoms with E-state index in [9.17, 15) is 0 Å². The van der Waals surface area contributed by atoms with Gasteiger partial charge in [0.1, 0.15) is 0 Å². The molecule has 2 rings (SSSR count). The highest BCUT2D eigenvalue weighted by atomic mass is 16.5. The molecule has 3 unspecified atom stereocenters. The molecule has 0 aliphatic carbocycles. The van der Waals surface area contributed by atoms with Crippen LogP contribution in [-0.2, 0) is 4.74 Å². The lowest BCUT2D eigenvalue weighted by Gasteiger charge is -2.24.